The lowest BCUT2D eigenvalue weighted by Gasteiger charge is -2.21. The smallest absolute Gasteiger partial charge is 0.0236 e. The highest BCUT2D eigenvalue weighted by Gasteiger charge is 2.05. The van der Waals surface area contributed by atoms with E-state index in [-0.39, 0.29) is 0 Å². The Morgan fingerprint density at radius 1 is 0.640 bits per heavy atom. The van der Waals surface area contributed by atoms with E-state index in [0.29, 0.717) is 0 Å². The van der Waals surface area contributed by atoms with E-state index in [0.717, 1.165) is 26.2 Å². The lowest BCUT2D eigenvalue weighted by molar-refractivity contribution is 0.270. The van der Waals surface area contributed by atoms with Gasteiger partial charge in [-0.25, -0.2) is 0 Å². The fourth-order valence-electron chi connectivity index (χ4n) is 3.38. The van der Waals surface area contributed by atoms with Gasteiger partial charge in [-0.15, -0.1) is 0 Å². The van der Waals surface area contributed by atoms with Crippen molar-refractivity contribution in [1.82, 2.24) is 9.80 Å². The monoisotopic (exact) mass is 332 g/mol. The van der Waals surface area contributed by atoms with Crippen molar-refractivity contribution in [2.75, 3.05) is 27.2 Å². The molecular weight excluding hydrogens is 304 g/mol. The number of rotatable bonds is 8. The molecule has 0 N–H and O–H groups in total. The average molecular weight is 332 g/mol. The second kappa shape index (κ2) is 8.80. The Morgan fingerprint density at radius 2 is 1.28 bits per heavy atom. The lowest BCUT2D eigenvalue weighted by Crippen LogP contribution is -2.25. The first-order chi connectivity index (χ1) is 12.2. The number of fused-ring (bicyclic) bond motifs is 1. The van der Waals surface area contributed by atoms with Crippen molar-refractivity contribution in [3.8, 4) is 0 Å². The molecular formula is C23H28N2. The molecule has 0 saturated carbocycles. The van der Waals surface area contributed by atoms with Crippen LogP contribution in [0.1, 0.15) is 17.5 Å². The van der Waals surface area contributed by atoms with Crippen LogP contribution in [0.2, 0.25) is 0 Å². The number of nitrogens with zero attached hydrogens (tertiary/aromatic N) is 2. The van der Waals surface area contributed by atoms with Gasteiger partial charge in [0, 0.05) is 13.1 Å². The second-order valence-electron chi connectivity index (χ2n) is 6.95. The molecule has 0 aliphatic rings. The second-order valence-corrected chi connectivity index (χ2v) is 6.95. The van der Waals surface area contributed by atoms with Crippen molar-refractivity contribution in [1.29, 1.82) is 0 Å². The van der Waals surface area contributed by atoms with E-state index in [2.05, 4.69) is 96.7 Å². The van der Waals surface area contributed by atoms with Gasteiger partial charge in [0.05, 0.1) is 0 Å². The molecule has 0 fully saturated rings. The molecule has 0 atom stereocenters. The maximum Gasteiger partial charge on any atom is 0.0236 e. The van der Waals surface area contributed by atoms with E-state index in [1.807, 2.05) is 0 Å². The van der Waals surface area contributed by atoms with E-state index in [4.69, 9.17) is 0 Å². The summed E-state index contributed by atoms with van der Waals surface area (Å²) >= 11 is 0. The Hall–Kier alpha value is -2.16. The van der Waals surface area contributed by atoms with Crippen molar-refractivity contribution in [3.63, 3.8) is 0 Å². The molecule has 0 spiro atoms. The minimum Gasteiger partial charge on any atom is -0.302 e. The van der Waals surface area contributed by atoms with E-state index in [1.165, 1.54) is 28.3 Å². The molecule has 130 valence electrons. The van der Waals surface area contributed by atoms with Gasteiger partial charge in [-0.1, -0.05) is 72.8 Å². The van der Waals surface area contributed by atoms with Crippen LogP contribution in [-0.4, -0.2) is 37.0 Å². The van der Waals surface area contributed by atoms with Crippen molar-refractivity contribution >= 4 is 10.8 Å². The molecule has 2 nitrogen and oxygen atoms in total. The summed E-state index contributed by atoms with van der Waals surface area (Å²) in [5, 5.41) is 2.70. The molecule has 0 unspecified atom stereocenters. The van der Waals surface area contributed by atoms with Gasteiger partial charge in [0.25, 0.3) is 0 Å². The molecule has 0 radical (unpaired) electrons. The minimum atomic E-state index is 1.00. The molecule has 0 aliphatic heterocycles. The molecule has 0 heterocycles. The van der Waals surface area contributed by atoms with Gasteiger partial charge in [0.1, 0.15) is 0 Å². The van der Waals surface area contributed by atoms with Gasteiger partial charge < -0.3 is 9.80 Å². The van der Waals surface area contributed by atoms with Crippen LogP contribution < -0.4 is 0 Å². The molecule has 0 amide bonds. The van der Waals surface area contributed by atoms with Crippen LogP contribution in [0.5, 0.6) is 0 Å². The molecule has 3 aromatic carbocycles. The molecule has 0 bridgehead atoms. The van der Waals surface area contributed by atoms with Gasteiger partial charge >= 0.3 is 0 Å². The highest BCUT2D eigenvalue weighted by molar-refractivity contribution is 5.85. The van der Waals surface area contributed by atoms with Crippen LogP contribution in [0, 0.1) is 0 Å². The zero-order chi connectivity index (χ0) is 17.5. The summed E-state index contributed by atoms with van der Waals surface area (Å²) in [6.07, 6.45) is 1.19. The van der Waals surface area contributed by atoms with E-state index >= 15 is 0 Å². The molecule has 2 heteroatoms. The van der Waals surface area contributed by atoms with Crippen LogP contribution in [-0.2, 0) is 13.1 Å². The topological polar surface area (TPSA) is 6.48 Å². The number of benzene rings is 3. The zero-order valence-corrected chi connectivity index (χ0v) is 15.4. The lowest BCUT2D eigenvalue weighted by atomic mass is 10.0. The predicted octanol–water partition coefficient (Wildman–Crippen LogP) is 4.79. The summed E-state index contributed by atoms with van der Waals surface area (Å²) in [6, 6.07) is 26.0. The molecule has 3 rings (SSSR count). The number of hydrogen-bond donors (Lipinski definition) is 0. The minimum absolute atomic E-state index is 1.00. The Bertz CT molecular complexity index is 777. The van der Waals surface area contributed by atoms with E-state index < -0.39 is 0 Å². The summed E-state index contributed by atoms with van der Waals surface area (Å²) in [5.74, 6) is 0. The first-order valence-electron chi connectivity index (χ1n) is 9.10. The summed E-state index contributed by atoms with van der Waals surface area (Å²) in [5.41, 5.74) is 2.80. The summed E-state index contributed by atoms with van der Waals surface area (Å²) in [4.78, 5) is 4.83. The maximum atomic E-state index is 2.43. The average Bonchev–Trinajstić information content (AvgIpc) is 2.63. The fourth-order valence-corrected chi connectivity index (χ4v) is 3.38. The Balaban J connectivity index is 1.47. The largest absolute Gasteiger partial charge is 0.302 e. The SMILES string of the molecule is CN(CCCN(C)Cc1cccc2ccccc12)Cc1ccccc1. The third kappa shape index (κ3) is 5.15. The molecule has 3 aromatic rings. The predicted molar refractivity (Wildman–Crippen MR) is 108 cm³/mol. The quantitative estimate of drug-likeness (QED) is 0.585. The third-order valence-corrected chi connectivity index (χ3v) is 4.70. The van der Waals surface area contributed by atoms with Crippen LogP contribution in [0.15, 0.2) is 72.8 Å². The third-order valence-electron chi connectivity index (χ3n) is 4.70. The van der Waals surface area contributed by atoms with Crippen molar-refractivity contribution in [2.45, 2.75) is 19.5 Å². The maximum absolute atomic E-state index is 2.43. The highest BCUT2D eigenvalue weighted by Crippen LogP contribution is 2.19. The van der Waals surface area contributed by atoms with Gasteiger partial charge in [0.2, 0.25) is 0 Å². The summed E-state index contributed by atoms with van der Waals surface area (Å²) in [7, 11) is 4.43. The Morgan fingerprint density at radius 3 is 2.08 bits per heavy atom. The van der Waals surface area contributed by atoms with Crippen LogP contribution in [0.3, 0.4) is 0 Å². The first-order valence-corrected chi connectivity index (χ1v) is 9.10. The summed E-state index contributed by atoms with van der Waals surface area (Å²) < 4.78 is 0. The van der Waals surface area contributed by atoms with E-state index in [9.17, 15) is 0 Å². The molecule has 0 aromatic heterocycles. The van der Waals surface area contributed by atoms with Crippen molar-refractivity contribution in [2.24, 2.45) is 0 Å². The van der Waals surface area contributed by atoms with Gasteiger partial charge in [-0.05, 0) is 55.5 Å². The standard InChI is InChI=1S/C23H28N2/c1-24(18-20-10-4-3-5-11-20)16-9-17-25(2)19-22-14-8-13-21-12-6-7-15-23(21)22/h3-8,10-15H,9,16-19H2,1-2H3. The van der Waals surface area contributed by atoms with E-state index in [1.54, 1.807) is 0 Å². The summed E-state index contributed by atoms with van der Waals surface area (Å²) in [6.45, 7) is 4.26. The first kappa shape index (κ1) is 17.7. The van der Waals surface area contributed by atoms with Gasteiger partial charge in [-0.3, -0.25) is 0 Å². The van der Waals surface area contributed by atoms with Crippen LogP contribution >= 0.6 is 0 Å². The van der Waals surface area contributed by atoms with Crippen LogP contribution in [0.4, 0.5) is 0 Å². The van der Waals surface area contributed by atoms with Crippen LogP contribution in [0.25, 0.3) is 10.8 Å². The molecule has 0 saturated heterocycles. The Labute approximate surface area is 151 Å². The van der Waals surface area contributed by atoms with Gasteiger partial charge in [-0.2, -0.15) is 0 Å². The molecule has 25 heavy (non-hydrogen) atoms. The fraction of sp³-hybridized carbons (Fsp3) is 0.304. The highest BCUT2D eigenvalue weighted by atomic mass is 15.1. The van der Waals surface area contributed by atoms with Crippen molar-refractivity contribution in [3.05, 3.63) is 83.9 Å². The zero-order valence-electron chi connectivity index (χ0n) is 15.4. The van der Waals surface area contributed by atoms with Gasteiger partial charge in [0.15, 0.2) is 0 Å². The normalized spacial score (nSPS) is 11.5. The Kier molecular flexibility index (Phi) is 6.21. The number of hydrogen-bond acceptors (Lipinski definition) is 2. The van der Waals surface area contributed by atoms with Crippen molar-refractivity contribution < 1.29 is 0 Å². The molecule has 0 aliphatic carbocycles.